The number of nitrogens with two attached hydrogens (primary N) is 1. The van der Waals surface area contributed by atoms with Crippen molar-refractivity contribution in [3.8, 4) is 0 Å². The topological polar surface area (TPSA) is 191 Å². The second-order valence-corrected chi connectivity index (χ2v) is 16.2. The van der Waals surface area contributed by atoms with E-state index in [1.165, 1.54) is 0 Å². The molecule has 2 saturated heterocycles. The second kappa shape index (κ2) is 16.2. The molecule has 0 aliphatic carbocycles. The van der Waals surface area contributed by atoms with Crippen LogP contribution < -0.4 is 26.6 Å². The number of hydrogen-bond acceptors (Lipinski definition) is 8. The fraction of sp³-hybridized carbons (Fsp3) is 0.488. The maximum Gasteiger partial charge on any atom is 0.329 e. The first-order chi connectivity index (χ1) is 26.2. The first kappa shape index (κ1) is 39.3. The lowest BCUT2D eigenvalue weighted by atomic mass is 9.85. The smallest absolute Gasteiger partial charge is 0.329 e. The van der Waals surface area contributed by atoms with E-state index in [1.807, 2.05) is 60.8 Å². The molecule has 14 nitrogen and oxygen atoms in total. The standard InChI is InChI=1S/C41H55N9O5.2H2/c1-39(2,3)55-35(51)31(17-11-12-20-42)46-36(52)40(4,5)33-25-44-34(48-33)32(23-27-24-43-30-16-10-9-15-29(27)30)47-38(54)49-21-18-41(19-22-49)37(53)45-26-50(41)28-13-7-6-8-14-28;;/h6-10,13-16,24-25,31-32,43H,11-12,17-23,26,42H2,1-5H3,(H,44,48)(H,45,53)(H,46,52)(H,47,54);2*1H/t31-,32-;;/m1../s1. The van der Waals surface area contributed by atoms with Gasteiger partial charge in [0.1, 0.15) is 23.0 Å². The van der Waals surface area contributed by atoms with Crippen LogP contribution in [0.25, 0.3) is 10.9 Å². The van der Waals surface area contributed by atoms with Crippen LogP contribution in [0.3, 0.4) is 0 Å². The number of imidazole rings is 1. The molecule has 1 spiro atoms. The summed E-state index contributed by atoms with van der Waals surface area (Å²) in [5.74, 6) is -0.395. The number of fused-ring (bicyclic) bond motifs is 1. The van der Waals surface area contributed by atoms with Crippen molar-refractivity contribution in [2.45, 2.75) is 102 Å². The number of para-hydroxylation sites is 2. The summed E-state index contributed by atoms with van der Waals surface area (Å²) in [6, 6.07) is 16.2. The Balaban J connectivity index is 0.00000360. The Morgan fingerprint density at radius 1 is 1.00 bits per heavy atom. The lowest BCUT2D eigenvalue weighted by Gasteiger charge is -2.43. The SMILES string of the molecule is CC(C)(C)OC(=O)[C@@H](CCCCN)NC(=O)C(C)(C)c1cnc([C@@H](Cc2c[nH]c3ccccc23)NC(=O)N2CCC3(CC2)C(=O)NCN3c2ccccc2)[nH]1.[HH].[HH]. The number of aromatic nitrogens is 3. The lowest BCUT2D eigenvalue weighted by Crippen LogP contribution is -2.58. The van der Waals surface area contributed by atoms with Gasteiger partial charge in [-0.05, 0) is 97.0 Å². The molecule has 6 rings (SSSR count). The van der Waals surface area contributed by atoms with Gasteiger partial charge < -0.3 is 46.2 Å². The molecular formula is C41H59N9O5. The normalized spacial score (nSPS) is 16.9. The number of amides is 4. The quantitative estimate of drug-likeness (QED) is 0.0808. The highest BCUT2D eigenvalue weighted by atomic mass is 16.6. The van der Waals surface area contributed by atoms with Crippen LogP contribution >= 0.6 is 0 Å². The van der Waals surface area contributed by atoms with E-state index >= 15 is 0 Å². The number of rotatable bonds is 13. The molecule has 55 heavy (non-hydrogen) atoms. The Labute approximate surface area is 325 Å². The Hall–Kier alpha value is -5.37. The molecule has 0 radical (unpaired) electrons. The van der Waals surface area contributed by atoms with Gasteiger partial charge in [-0.25, -0.2) is 14.6 Å². The van der Waals surface area contributed by atoms with Crippen molar-refractivity contribution < 1.29 is 26.8 Å². The molecule has 4 aromatic rings. The molecule has 298 valence electrons. The van der Waals surface area contributed by atoms with E-state index in [-0.39, 0.29) is 20.7 Å². The number of anilines is 1. The van der Waals surface area contributed by atoms with Crippen molar-refractivity contribution in [3.63, 3.8) is 0 Å². The van der Waals surface area contributed by atoms with E-state index in [2.05, 4.69) is 30.8 Å². The van der Waals surface area contributed by atoms with Crippen molar-refractivity contribution >= 4 is 40.4 Å². The van der Waals surface area contributed by atoms with Crippen LogP contribution in [-0.4, -0.2) is 87.2 Å². The van der Waals surface area contributed by atoms with E-state index in [0.29, 0.717) is 76.3 Å². The van der Waals surface area contributed by atoms with E-state index in [0.717, 1.165) is 22.2 Å². The van der Waals surface area contributed by atoms with Crippen LogP contribution in [-0.2, 0) is 31.0 Å². The zero-order valence-corrected chi connectivity index (χ0v) is 32.5. The number of unbranched alkanes of at least 4 members (excludes halogenated alkanes) is 1. The first-order valence-corrected chi connectivity index (χ1v) is 19.2. The first-order valence-electron chi connectivity index (χ1n) is 19.2. The zero-order chi connectivity index (χ0) is 39.4. The summed E-state index contributed by atoms with van der Waals surface area (Å²) in [4.78, 5) is 69.6. The summed E-state index contributed by atoms with van der Waals surface area (Å²) in [6.07, 6.45) is 6.70. The molecule has 0 unspecified atom stereocenters. The van der Waals surface area contributed by atoms with Gasteiger partial charge in [0.25, 0.3) is 0 Å². The highest BCUT2D eigenvalue weighted by Gasteiger charge is 2.51. The summed E-state index contributed by atoms with van der Waals surface area (Å²) < 4.78 is 5.64. The van der Waals surface area contributed by atoms with Crippen molar-refractivity contribution in [3.05, 3.63) is 84.1 Å². The number of H-pyrrole nitrogens is 2. The van der Waals surface area contributed by atoms with Crippen LogP contribution in [0, 0.1) is 0 Å². The van der Waals surface area contributed by atoms with Gasteiger partial charge in [0.05, 0.1) is 18.1 Å². The minimum absolute atomic E-state index is 0. The summed E-state index contributed by atoms with van der Waals surface area (Å²) in [6.45, 7) is 10.6. The highest BCUT2D eigenvalue weighted by Crippen LogP contribution is 2.36. The summed E-state index contributed by atoms with van der Waals surface area (Å²) in [5, 5.41) is 10.2. The Morgan fingerprint density at radius 3 is 2.42 bits per heavy atom. The number of carbonyl (C=O) groups excluding carboxylic acids is 4. The van der Waals surface area contributed by atoms with Gasteiger partial charge >= 0.3 is 12.0 Å². The monoisotopic (exact) mass is 757 g/mol. The molecule has 2 fully saturated rings. The third kappa shape index (κ3) is 8.64. The number of nitrogens with one attached hydrogen (secondary N) is 5. The van der Waals surface area contributed by atoms with Crippen LogP contribution in [0.4, 0.5) is 10.5 Å². The van der Waals surface area contributed by atoms with Gasteiger partial charge in [0.2, 0.25) is 11.8 Å². The van der Waals surface area contributed by atoms with E-state index in [1.54, 1.807) is 45.7 Å². The minimum Gasteiger partial charge on any atom is -0.458 e. The third-order valence-corrected chi connectivity index (χ3v) is 10.8. The fourth-order valence-electron chi connectivity index (χ4n) is 7.50. The molecule has 2 aromatic heterocycles. The molecule has 7 N–H and O–H groups in total. The third-order valence-electron chi connectivity index (χ3n) is 10.8. The Morgan fingerprint density at radius 2 is 1.71 bits per heavy atom. The van der Waals surface area contributed by atoms with Crippen molar-refractivity contribution in [1.82, 2.24) is 35.8 Å². The Kier molecular flexibility index (Phi) is 11.6. The van der Waals surface area contributed by atoms with Gasteiger partial charge in [-0.15, -0.1) is 0 Å². The number of urea groups is 1. The second-order valence-electron chi connectivity index (χ2n) is 16.2. The fourth-order valence-corrected chi connectivity index (χ4v) is 7.50. The maximum absolute atomic E-state index is 14.0. The molecule has 14 heteroatoms. The minimum atomic E-state index is -1.12. The average Bonchev–Trinajstić information content (AvgIpc) is 3.89. The van der Waals surface area contributed by atoms with Gasteiger partial charge in [-0.1, -0.05) is 36.4 Å². The van der Waals surface area contributed by atoms with Crippen LogP contribution in [0.5, 0.6) is 0 Å². The van der Waals surface area contributed by atoms with Crippen molar-refractivity contribution in [2.24, 2.45) is 5.73 Å². The van der Waals surface area contributed by atoms with Crippen LogP contribution in [0.1, 0.15) is 92.7 Å². The molecule has 2 aliphatic rings. The number of hydrogen-bond donors (Lipinski definition) is 6. The van der Waals surface area contributed by atoms with Crippen LogP contribution in [0.15, 0.2) is 67.0 Å². The number of esters is 1. The average molecular weight is 758 g/mol. The van der Waals surface area contributed by atoms with Gasteiger partial charge in [0.15, 0.2) is 0 Å². The number of aromatic amines is 2. The predicted octanol–water partition coefficient (Wildman–Crippen LogP) is 5.04. The number of benzene rings is 2. The van der Waals surface area contributed by atoms with Crippen molar-refractivity contribution in [2.75, 3.05) is 31.2 Å². The predicted molar refractivity (Wildman–Crippen MR) is 215 cm³/mol. The molecule has 4 heterocycles. The molecule has 0 saturated carbocycles. The molecule has 0 bridgehead atoms. The molecular weight excluding hydrogens is 699 g/mol. The van der Waals surface area contributed by atoms with E-state index in [9.17, 15) is 19.2 Å². The van der Waals surface area contributed by atoms with Gasteiger partial charge in [-0.3, -0.25) is 9.59 Å². The lowest BCUT2D eigenvalue weighted by molar-refractivity contribution is -0.159. The number of likely N-dealkylation sites (tertiary alicyclic amines) is 1. The summed E-state index contributed by atoms with van der Waals surface area (Å²) in [7, 11) is 0. The molecule has 2 aromatic carbocycles. The number of carbonyl (C=O) groups is 4. The van der Waals surface area contributed by atoms with Crippen LogP contribution in [0.2, 0.25) is 0 Å². The highest BCUT2D eigenvalue weighted by molar-refractivity contribution is 5.94. The molecule has 4 amide bonds. The molecule has 2 aliphatic heterocycles. The molecule has 2 atom stereocenters. The number of piperidine rings is 1. The zero-order valence-electron chi connectivity index (χ0n) is 32.5. The number of ether oxygens (including phenoxy) is 1. The summed E-state index contributed by atoms with van der Waals surface area (Å²) >= 11 is 0. The van der Waals surface area contributed by atoms with E-state index < -0.39 is 34.6 Å². The largest absolute Gasteiger partial charge is 0.458 e. The summed E-state index contributed by atoms with van der Waals surface area (Å²) in [5.41, 5.74) is 6.60. The van der Waals surface area contributed by atoms with Crippen molar-refractivity contribution in [1.29, 1.82) is 0 Å². The van der Waals surface area contributed by atoms with Gasteiger partial charge in [0, 0.05) is 57.0 Å². The number of nitrogens with zero attached hydrogens (tertiary/aromatic N) is 3. The Bertz CT molecular complexity index is 1990. The van der Waals surface area contributed by atoms with E-state index in [4.69, 9.17) is 15.5 Å². The maximum atomic E-state index is 14.0. The van der Waals surface area contributed by atoms with Gasteiger partial charge in [-0.2, -0.15) is 0 Å².